The summed E-state index contributed by atoms with van der Waals surface area (Å²) in [5.74, 6) is -1.47. The fourth-order valence-corrected chi connectivity index (χ4v) is 4.01. The van der Waals surface area contributed by atoms with Gasteiger partial charge in [0.1, 0.15) is 17.1 Å². The number of aromatic nitrogens is 5. The van der Waals surface area contributed by atoms with Crippen molar-refractivity contribution >= 4 is 9.84 Å². The second-order valence-electron chi connectivity index (χ2n) is 7.80. The monoisotopic (exact) mass is 457 g/mol. The molecule has 7 nitrogen and oxygen atoms in total. The van der Waals surface area contributed by atoms with Gasteiger partial charge < -0.3 is 0 Å². The number of halogens is 2. The number of hydrogen-bond acceptors (Lipinski definition) is 5. The van der Waals surface area contributed by atoms with Crippen LogP contribution in [0.1, 0.15) is 22.5 Å². The minimum absolute atomic E-state index is 0.106. The summed E-state index contributed by atoms with van der Waals surface area (Å²) in [6, 6.07) is 9.36. The molecular weight excluding hydrogens is 436 g/mol. The van der Waals surface area contributed by atoms with Gasteiger partial charge in [0, 0.05) is 12.5 Å². The van der Waals surface area contributed by atoms with Crippen LogP contribution in [0.5, 0.6) is 0 Å². The van der Waals surface area contributed by atoms with Gasteiger partial charge in [-0.1, -0.05) is 18.2 Å². The van der Waals surface area contributed by atoms with Crippen LogP contribution in [-0.2, 0) is 15.6 Å². The van der Waals surface area contributed by atoms with Gasteiger partial charge in [-0.3, -0.25) is 0 Å². The molecule has 0 spiro atoms. The number of rotatable bonds is 5. The molecule has 0 saturated heterocycles. The Bertz CT molecular complexity index is 1420. The van der Waals surface area contributed by atoms with E-state index >= 15 is 0 Å². The maximum Gasteiger partial charge on any atom is 0.184 e. The Kier molecular flexibility index (Phi) is 5.41. The molecule has 2 aromatic carbocycles. The molecule has 10 heteroatoms. The van der Waals surface area contributed by atoms with Crippen molar-refractivity contribution in [3.05, 3.63) is 76.7 Å². The van der Waals surface area contributed by atoms with Crippen LogP contribution in [0.25, 0.3) is 22.9 Å². The Hall–Kier alpha value is -3.40. The normalized spacial score (nSPS) is 11.8. The van der Waals surface area contributed by atoms with Crippen LogP contribution in [0.15, 0.2) is 42.6 Å². The lowest BCUT2D eigenvalue weighted by Gasteiger charge is -2.09. The molecule has 0 bridgehead atoms. The molecule has 0 fully saturated rings. The summed E-state index contributed by atoms with van der Waals surface area (Å²) in [7, 11) is -3.39. The fraction of sp³-hybridized carbons (Fsp3) is 0.227. The van der Waals surface area contributed by atoms with E-state index in [0.29, 0.717) is 16.9 Å². The van der Waals surface area contributed by atoms with Crippen LogP contribution >= 0.6 is 0 Å². The van der Waals surface area contributed by atoms with E-state index in [4.69, 9.17) is 0 Å². The molecule has 0 atom stereocenters. The summed E-state index contributed by atoms with van der Waals surface area (Å²) < 4.78 is 55.0. The molecule has 0 aliphatic carbocycles. The Labute approximate surface area is 184 Å². The maximum absolute atomic E-state index is 14.3. The minimum Gasteiger partial charge on any atom is -0.234 e. The maximum atomic E-state index is 14.3. The predicted molar refractivity (Wildman–Crippen MR) is 117 cm³/mol. The predicted octanol–water partition coefficient (Wildman–Crippen LogP) is 3.87. The highest BCUT2D eigenvalue weighted by atomic mass is 32.2. The van der Waals surface area contributed by atoms with Gasteiger partial charge in [-0.15, -0.1) is 5.10 Å². The van der Waals surface area contributed by atoms with Crippen LogP contribution in [0.4, 0.5) is 8.78 Å². The average Bonchev–Trinajstić information content (AvgIpc) is 3.25. The van der Waals surface area contributed by atoms with E-state index in [-0.39, 0.29) is 23.1 Å². The molecule has 0 amide bonds. The van der Waals surface area contributed by atoms with Crippen LogP contribution in [0, 0.1) is 32.4 Å². The van der Waals surface area contributed by atoms with Gasteiger partial charge >= 0.3 is 0 Å². The first-order chi connectivity index (χ1) is 15.0. The number of nitrogens with zero attached hydrogens (tertiary/aromatic N) is 5. The number of aryl methyl sites for hydroxylation is 3. The number of sulfone groups is 1. The van der Waals surface area contributed by atoms with E-state index in [9.17, 15) is 17.2 Å². The van der Waals surface area contributed by atoms with Gasteiger partial charge in [-0.2, -0.15) is 5.10 Å². The standard InChI is InChI=1S/C22H21F2N5O2S/c1-13-8-9-14(2)18(10-13)29-22(25-19(26-29)12-32(4,30)31)20-15(3)11-28(27-20)21-16(23)6-5-7-17(21)24/h5-11H,12H2,1-4H3. The third kappa shape index (κ3) is 4.18. The van der Waals surface area contributed by atoms with Crippen LogP contribution in [-0.4, -0.2) is 39.2 Å². The molecule has 0 aliphatic rings. The molecule has 4 aromatic rings. The van der Waals surface area contributed by atoms with E-state index in [0.717, 1.165) is 34.2 Å². The first-order valence-electron chi connectivity index (χ1n) is 9.76. The van der Waals surface area contributed by atoms with E-state index in [2.05, 4.69) is 15.2 Å². The number of benzene rings is 2. The van der Waals surface area contributed by atoms with Crippen molar-refractivity contribution in [3.63, 3.8) is 0 Å². The molecule has 0 unspecified atom stereocenters. The van der Waals surface area contributed by atoms with E-state index < -0.39 is 21.5 Å². The molecular formula is C22H21F2N5O2S. The smallest absolute Gasteiger partial charge is 0.184 e. The van der Waals surface area contributed by atoms with Crippen molar-refractivity contribution < 1.29 is 17.2 Å². The van der Waals surface area contributed by atoms with Gasteiger partial charge in [0.2, 0.25) is 0 Å². The van der Waals surface area contributed by atoms with Crippen LogP contribution in [0.2, 0.25) is 0 Å². The van der Waals surface area contributed by atoms with E-state index in [1.807, 2.05) is 32.0 Å². The lowest BCUT2D eigenvalue weighted by atomic mass is 10.1. The topological polar surface area (TPSA) is 82.7 Å². The SMILES string of the molecule is Cc1ccc(C)c(-n2nc(CS(C)(=O)=O)nc2-c2nn(-c3c(F)cccc3F)cc2C)c1. The zero-order chi connectivity index (χ0) is 23.2. The summed E-state index contributed by atoms with van der Waals surface area (Å²) in [4.78, 5) is 4.44. The summed E-state index contributed by atoms with van der Waals surface area (Å²) in [5.41, 5.74) is 3.20. The summed E-state index contributed by atoms with van der Waals surface area (Å²) in [5, 5.41) is 8.82. The Morgan fingerprint density at radius 1 is 0.969 bits per heavy atom. The molecule has 0 radical (unpaired) electrons. The zero-order valence-electron chi connectivity index (χ0n) is 18.0. The zero-order valence-corrected chi connectivity index (χ0v) is 18.8. The second kappa shape index (κ2) is 7.94. The third-order valence-electron chi connectivity index (χ3n) is 4.91. The summed E-state index contributed by atoms with van der Waals surface area (Å²) >= 11 is 0. The lowest BCUT2D eigenvalue weighted by Crippen LogP contribution is -2.06. The molecule has 2 aromatic heterocycles. The second-order valence-corrected chi connectivity index (χ2v) is 9.94. The highest BCUT2D eigenvalue weighted by Crippen LogP contribution is 2.27. The van der Waals surface area contributed by atoms with Crippen LogP contribution in [0.3, 0.4) is 0 Å². The number of hydrogen-bond donors (Lipinski definition) is 0. The van der Waals surface area contributed by atoms with Gasteiger partial charge in [0.15, 0.2) is 33.1 Å². The lowest BCUT2D eigenvalue weighted by molar-refractivity contribution is 0.560. The Morgan fingerprint density at radius 3 is 2.31 bits per heavy atom. The van der Waals surface area contributed by atoms with Gasteiger partial charge in [0.05, 0.1) is 5.69 Å². The molecule has 0 aliphatic heterocycles. The molecule has 166 valence electrons. The largest absolute Gasteiger partial charge is 0.234 e. The van der Waals surface area contributed by atoms with E-state index in [1.165, 1.54) is 16.9 Å². The Balaban J connectivity index is 1.94. The summed E-state index contributed by atoms with van der Waals surface area (Å²) in [6.07, 6.45) is 2.60. The van der Waals surface area contributed by atoms with Gasteiger partial charge in [0.25, 0.3) is 0 Å². The van der Waals surface area contributed by atoms with Gasteiger partial charge in [-0.25, -0.2) is 31.5 Å². The third-order valence-corrected chi connectivity index (χ3v) is 5.69. The number of para-hydroxylation sites is 1. The minimum atomic E-state index is -3.39. The van der Waals surface area contributed by atoms with Crippen molar-refractivity contribution in [2.75, 3.05) is 6.26 Å². The van der Waals surface area contributed by atoms with Crippen LogP contribution < -0.4 is 0 Å². The van der Waals surface area contributed by atoms with Crippen molar-refractivity contribution in [3.8, 4) is 22.9 Å². The van der Waals surface area contributed by atoms with Crippen molar-refractivity contribution in [2.24, 2.45) is 0 Å². The van der Waals surface area contributed by atoms with E-state index in [1.54, 1.807) is 6.92 Å². The molecule has 0 N–H and O–H groups in total. The molecule has 4 rings (SSSR count). The summed E-state index contributed by atoms with van der Waals surface area (Å²) in [6.45, 7) is 5.56. The quantitative estimate of drug-likeness (QED) is 0.454. The molecule has 0 saturated carbocycles. The molecule has 32 heavy (non-hydrogen) atoms. The highest BCUT2D eigenvalue weighted by molar-refractivity contribution is 7.89. The van der Waals surface area contributed by atoms with Gasteiger partial charge in [-0.05, 0) is 55.7 Å². The highest BCUT2D eigenvalue weighted by Gasteiger charge is 2.23. The fourth-order valence-electron chi connectivity index (χ4n) is 3.42. The van der Waals surface area contributed by atoms with Crippen molar-refractivity contribution in [1.29, 1.82) is 0 Å². The first kappa shape index (κ1) is 21.8. The first-order valence-corrected chi connectivity index (χ1v) is 11.8. The average molecular weight is 458 g/mol. The van der Waals surface area contributed by atoms with Crippen molar-refractivity contribution in [2.45, 2.75) is 26.5 Å². The Morgan fingerprint density at radius 2 is 1.66 bits per heavy atom. The van der Waals surface area contributed by atoms with Crippen molar-refractivity contribution in [1.82, 2.24) is 24.5 Å². The molecule has 2 heterocycles.